The number of carbonyl (C=O) groups excluding carboxylic acids is 2. The van der Waals surface area contributed by atoms with E-state index in [-0.39, 0.29) is 11.3 Å². The molecule has 1 aliphatic rings. The van der Waals surface area contributed by atoms with Crippen LogP contribution in [0.1, 0.15) is 17.2 Å². The normalized spacial score (nSPS) is 17.9. The second kappa shape index (κ2) is 7.79. The highest BCUT2D eigenvalue weighted by Crippen LogP contribution is 2.42. The lowest BCUT2D eigenvalue weighted by Crippen LogP contribution is -2.29. The van der Waals surface area contributed by atoms with E-state index in [2.05, 4.69) is 4.98 Å². The number of ketones is 1. The Hall–Kier alpha value is -4.00. The van der Waals surface area contributed by atoms with Crippen molar-refractivity contribution in [2.75, 3.05) is 12.0 Å². The van der Waals surface area contributed by atoms with Gasteiger partial charge in [0.05, 0.1) is 18.7 Å². The molecule has 0 radical (unpaired) electrons. The fourth-order valence-corrected chi connectivity index (χ4v) is 3.49. The second-order valence-electron chi connectivity index (χ2n) is 6.66. The van der Waals surface area contributed by atoms with Crippen molar-refractivity contribution in [1.82, 2.24) is 4.98 Å². The maximum Gasteiger partial charge on any atom is 0.300 e. The van der Waals surface area contributed by atoms with Crippen LogP contribution in [0.4, 0.5) is 10.1 Å². The molecular formula is C23H17FN2O4. The summed E-state index contributed by atoms with van der Waals surface area (Å²) in [5, 5.41) is 10.9. The van der Waals surface area contributed by atoms with Crippen molar-refractivity contribution in [3.63, 3.8) is 0 Å². The van der Waals surface area contributed by atoms with Gasteiger partial charge < -0.3 is 9.84 Å². The molecule has 1 unspecified atom stereocenters. The molecule has 1 fully saturated rings. The Morgan fingerprint density at radius 1 is 1.07 bits per heavy atom. The third-order valence-corrected chi connectivity index (χ3v) is 4.91. The van der Waals surface area contributed by atoms with E-state index in [4.69, 9.17) is 4.74 Å². The van der Waals surface area contributed by atoms with Gasteiger partial charge in [-0.15, -0.1) is 0 Å². The topological polar surface area (TPSA) is 79.7 Å². The molecule has 0 saturated carbocycles. The third-order valence-electron chi connectivity index (χ3n) is 4.91. The summed E-state index contributed by atoms with van der Waals surface area (Å²) in [6, 6.07) is 14.3. The van der Waals surface area contributed by atoms with Gasteiger partial charge in [-0.2, -0.15) is 0 Å². The number of nitrogens with zero attached hydrogens (tertiary/aromatic N) is 2. The van der Waals surface area contributed by atoms with Gasteiger partial charge in [-0.05, 0) is 54.1 Å². The second-order valence-corrected chi connectivity index (χ2v) is 6.66. The SMILES string of the molecule is COc1cccc(C2/C(=C(/O)c3ccncc3)C(=O)C(=O)N2c2ccc(F)cc2)c1. The van der Waals surface area contributed by atoms with Crippen molar-refractivity contribution in [3.8, 4) is 5.75 Å². The molecule has 2 aromatic carbocycles. The molecule has 30 heavy (non-hydrogen) atoms. The molecule has 0 aliphatic carbocycles. The van der Waals surface area contributed by atoms with Crippen molar-refractivity contribution in [2.45, 2.75) is 6.04 Å². The van der Waals surface area contributed by atoms with Crippen LogP contribution >= 0.6 is 0 Å². The number of methoxy groups -OCH3 is 1. The van der Waals surface area contributed by atoms with Crippen LogP contribution in [0.25, 0.3) is 5.76 Å². The molecule has 1 aliphatic heterocycles. The Labute approximate surface area is 171 Å². The van der Waals surface area contributed by atoms with Crippen LogP contribution < -0.4 is 9.64 Å². The van der Waals surface area contributed by atoms with E-state index >= 15 is 0 Å². The minimum absolute atomic E-state index is 0.0659. The van der Waals surface area contributed by atoms with Gasteiger partial charge in [0.25, 0.3) is 11.7 Å². The number of hydrogen-bond donors (Lipinski definition) is 1. The average Bonchev–Trinajstić information content (AvgIpc) is 3.05. The molecule has 3 aromatic rings. The zero-order valence-corrected chi connectivity index (χ0v) is 15.9. The Bertz CT molecular complexity index is 1140. The number of amides is 1. The Morgan fingerprint density at radius 2 is 1.77 bits per heavy atom. The number of hydrogen-bond acceptors (Lipinski definition) is 5. The molecular weight excluding hydrogens is 387 g/mol. The summed E-state index contributed by atoms with van der Waals surface area (Å²) in [6.07, 6.45) is 2.96. The smallest absolute Gasteiger partial charge is 0.300 e. The van der Waals surface area contributed by atoms with E-state index in [0.29, 0.717) is 22.6 Å². The zero-order chi connectivity index (χ0) is 21.3. The van der Waals surface area contributed by atoms with Gasteiger partial charge >= 0.3 is 0 Å². The first-order chi connectivity index (χ1) is 14.5. The van der Waals surface area contributed by atoms with Crippen molar-refractivity contribution in [3.05, 3.63) is 95.6 Å². The monoisotopic (exact) mass is 404 g/mol. The van der Waals surface area contributed by atoms with Gasteiger partial charge in [0, 0.05) is 23.6 Å². The maximum absolute atomic E-state index is 13.5. The number of pyridine rings is 1. The van der Waals surface area contributed by atoms with Crippen molar-refractivity contribution >= 4 is 23.1 Å². The summed E-state index contributed by atoms with van der Waals surface area (Å²) in [5.41, 5.74) is 1.19. The predicted octanol–water partition coefficient (Wildman–Crippen LogP) is 3.86. The van der Waals surface area contributed by atoms with Gasteiger partial charge in [0.1, 0.15) is 17.3 Å². The van der Waals surface area contributed by atoms with Gasteiger partial charge in [-0.25, -0.2) is 4.39 Å². The van der Waals surface area contributed by atoms with E-state index in [0.717, 1.165) is 0 Å². The van der Waals surface area contributed by atoms with Crippen LogP contribution in [0, 0.1) is 5.82 Å². The molecule has 1 atom stereocenters. The van der Waals surface area contributed by atoms with Gasteiger partial charge in [0.2, 0.25) is 0 Å². The molecule has 1 amide bonds. The number of aliphatic hydroxyl groups is 1. The quantitative estimate of drug-likeness (QED) is 0.406. The molecule has 6 nitrogen and oxygen atoms in total. The minimum atomic E-state index is -0.918. The highest BCUT2D eigenvalue weighted by atomic mass is 19.1. The Kier molecular flexibility index (Phi) is 5.02. The zero-order valence-electron chi connectivity index (χ0n) is 15.9. The lowest BCUT2D eigenvalue weighted by atomic mass is 9.95. The molecule has 2 heterocycles. The largest absolute Gasteiger partial charge is 0.507 e. The highest BCUT2D eigenvalue weighted by molar-refractivity contribution is 6.51. The maximum atomic E-state index is 13.5. The molecule has 1 saturated heterocycles. The number of aromatic nitrogens is 1. The number of ether oxygens (including phenoxy) is 1. The van der Waals surface area contributed by atoms with Gasteiger partial charge in [-0.1, -0.05) is 12.1 Å². The van der Waals surface area contributed by atoms with Gasteiger partial charge in [-0.3, -0.25) is 19.5 Å². The Balaban J connectivity index is 1.95. The van der Waals surface area contributed by atoms with E-state index in [1.54, 1.807) is 36.4 Å². The highest BCUT2D eigenvalue weighted by Gasteiger charge is 2.47. The number of anilines is 1. The summed E-state index contributed by atoms with van der Waals surface area (Å²) in [6.45, 7) is 0. The summed E-state index contributed by atoms with van der Waals surface area (Å²) in [7, 11) is 1.51. The minimum Gasteiger partial charge on any atom is -0.507 e. The molecule has 0 spiro atoms. The molecule has 0 bridgehead atoms. The molecule has 1 N–H and O–H groups in total. The van der Waals surface area contributed by atoms with Gasteiger partial charge in [0.15, 0.2) is 0 Å². The van der Waals surface area contributed by atoms with Crippen molar-refractivity contribution in [2.24, 2.45) is 0 Å². The first-order valence-corrected chi connectivity index (χ1v) is 9.12. The van der Waals surface area contributed by atoms with E-state index in [1.165, 1.54) is 48.7 Å². The number of halogens is 1. The van der Waals surface area contributed by atoms with E-state index in [9.17, 15) is 19.1 Å². The summed E-state index contributed by atoms with van der Waals surface area (Å²) >= 11 is 0. The van der Waals surface area contributed by atoms with Crippen LogP contribution in [0.2, 0.25) is 0 Å². The fraction of sp³-hybridized carbons (Fsp3) is 0.0870. The first-order valence-electron chi connectivity index (χ1n) is 9.12. The fourth-order valence-electron chi connectivity index (χ4n) is 3.49. The van der Waals surface area contributed by atoms with E-state index in [1.807, 2.05) is 0 Å². The van der Waals surface area contributed by atoms with Crippen LogP contribution in [0.3, 0.4) is 0 Å². The number of benzene rings is 2. The van der Waals surface area contributed by atoms with Crippen LogP contribution in [0.15, 0.2) is 78.6 Å². The number of carbonyl (C=O) groups is 2. The third kappa shape index (κ3) is 3.30. The van der Waals surface area contributed by atoms with Crippen molar-refractivity contribution < 1.29 is 23.8 Å². The summed E-state index contributed by atoms with van der Waals surface area (Å²) in [4.78, 5) is 31.1. The van der Waals surface area contributed by atoms with E-state index < -0.39 is 23.5 Å². The molecule has 150 valence electrons. The first kappa shape index (κ1) is 19.3. The lowest BCUT2D eigenvalue weighted by Gasteiger charge is -2.25. The summed E-state index contributed by atoms with van der Waals surface area (Å²) in [5.74, 6) is -1.90. The van der Waals surface area contributed by atoms with Crippen molar-refractivity contribution in [1.29, 1.82) is 0 Å². The molecule has 7 heteroatoms. The summed E-state index contributed by atoms with van der Waals surface area (Å²) < 4.78 is 18.7. The number of rotatable bonds is 4. The molecule has 1 aromatic heterocycles. The molecule has 4 rings (SSSR count). The van der Waals surface area contributed by atoms with Crippen LogP contribution in [-0.2, 0) is 9.59 Å². The predicted molar refractivity (Wildman–Crippen MR) is 108 cm³/mol. The number of aliphatic hydroxyl groups excluding tert-OH is 1. The number of Topliss-reactive ketones (excluding diaryl/α,β-unsaturated/α-hetero) is 1. The van der Waals surface area contributed by atoms with Crippen LogP contribution in [-0.4, -0.2) is 28.9 Å². The lowest BCUT2D eigenvalue weighted by molar-refractivity contribution is -0.132. The average molecular weight is 404 g/mol. The Morgan fingerprint density at radius 3 is 2.43 bits per heavy atom. The standard InChI is InChI=1S/C23H17FN2O4/c1-30-18-4-2-3-15(13-18)20-19(21(27)14-9-11-25-12-10-14)22(28)23(29)26(20)17-7-5-16(24)6-8-17/h2-13,20,27H,1H3/b21-19-. The van der Waals surface area contributed by atoms with Crippen LogP contribution in [0.5, 0.6) is 5.75 Å².